The molecular formula is C11H16N2S. The first-order chi connectivity index (χ1) is 6.67. The van der Waals surface area contributed by atoms with Gasteiger partial charge in [0.15, 0.2) is 0 Å². The highest BCUT2D eigenvalue weighted by atomic mass is 32.1. The predicted octanol–water partition coefficient (Wildman–Crippen LogP) is 3.04. The van der Waals surface area contributed by atoms with E-state index in [4.69, 9.17) is 5.26 Å². The first-order valence-electron chi connectivity index (χ1n) is 5.00. The molecule has 0 aliphatic rings. The van der Waals surface area contributed by atoms with Crippen molar-refractivity contribution >= 4 is 11.3 Å². The summed E-state index contributed by atoms with van der Waals surface area (Å²) in [7, 11) is 0. The Bertz CT molecular complexity index is 322. The summed E-state index contributed by atoms with van der Waals surface area (Å²) in [6.45, 7) is 6.27. The molecular weight excluding hydrogens is 192 g/mol. The quantitative estimate of drug-likeness (QED) is 0.762. The van der Waals surface area contributed by atoms with Gasteiger partial charge < -0.3 is 0 Å². The molecule has 0 N–H and O–H groups in total. The molecule has 1 atom stereocenters. The SMILES string of the molecule is CCc1csc(CC(C#N)C(C)C)n1. The minimum Gasteiger partial charge on any atom is -0.246 e. The van der Waals surface area contributed by atoms with Crippen LogP contribution in [0.5, 0.6) is 0 Å². The Hall–Kier alpha value is -0.880. The molecule has 1 heterocycles. The third-order valence-corrected chi connectivity index (χ3v) is 3.25. The smallest absolute Gasteiger partial charge is 0.0941 e. The fourth-order valence-electron chi connectivity index (χ4n) is 1.22. The van der Waals surface area contributed by atoms with Crippen LogP contribution in [0.1, 0.15) is 31.5 Å². The van der Waals surface area contributed by atoms with Crippen molar-refractivity contribution in [2.75, 3.05) is 0 Å². The minimum absolute atomic E-state index is 0.103. The molecule has 14 heavy (non-hydrogen) atoms. The van der Waals surface area contributed by atoms with Crippen molar-refractivity contribution in [1.82, 2.24) is 4.98 Å². The molecule has 0 radical (unpaired) electrons. The Morgan fingerprint density at radius 3 is 2.71 bits per heavy atom. The number of thiazole rings is 1. The van der Waals surface area contributed by atoms with Crippen molar-refractivity contribution in [3.8, 4) is 6.07 Å². The molecule has 0 amide bonds. The van der Waals surface area contributed by atoms with Crippen LogP contribution in [-0.2, 0) is 12.8 Å². The van der Waals surface area contributed by atoms with E-state index in [2.05, 4.69) is 37.2 Å². The first kappa shape index (κ1) is 11.2. The highest BCUT2D eigenvalue weighted by Crippen LogP contribution is 2.19. The van der Waals surface area contributed by atoms with E-state index >= 15 is 0 Å². The number of aryl methyl sites for hydroxylation is 1. The van der Waals surface area contributed by atoms with Crippen LogP contribution in [0.3, 0.4) is 0 Å². The molecule has 1 aromatic heterocycles. The summed E-state index contributed by atoms with van der Waals surface area (Å²) in [6, 6.07) is 2.34. The molecule has 0 aromatic carbocycles. The summed E-state index contributed by atoms with van der Waals surface area (Å²) < 4.78 is 0. The Kier molecular flexibility index (Phi) is 4.09. The zero-order valence-corrected chi connectivity index (χ0v) is 9.77. The molecule has 0 saturated carbocycles. The van der Waals surface area contributed by atoms with Gasteiger partial charge in [-0.3, -0.25) is 0 Å². The van der Waals surface area contributed by atoms with Crippen LogP contribution in [0.25, 0.3) is 0 Å². The monoisotopic (exact) mass is 208 g/mol. The van der Waals surface area contributed by atoms with E-state index in [9.17, 15) is 0 Å². The lowest BCUT2D eigenvalue weighted by Gasteiger charge is -2.09. The molecule has 0 bridgehead atoms. The largest absolute Gasteiger partial charge is 0.246 e. The Balaban J connectivity index is 2.63. The van der Waals surface area contributed by atoms with Gasteiger partial charge in [-0.1, -0.05) is 20.8 Å². The summed E-state index contributed by atoms with van der Waals surface area (Å²) in [6.07, 6.45) is 1.79. The van der Waals surface area contributed by atoms with Gasteiger partial charge in [-0.15, -0.1) is 11.3 Å². The van der Waals surface area contributed by atoms with E-state index in [1.807, 2.05) is 0 Å². The van der Waals surface area contributed by atoms with Gasteiger partial charge in [0.25, 0.3) is 0 Å². The molecule has 2 nitrogen and oxygen atoms in total. The number of nitrogens with zero attached hydrogens (tertiary/aromatic N) is 2. The van der Waals surface area contributed by atoms with Crippen LogP contribution in [0.2, 0.25) is 0 Å². The van der Waals surface area contributed by atoms with Gasteiger partial charge in [-0.25, -0.2) is 4.98 Å². The molecule has 0 aliphatic heterocycles. The fourth-order valence-corrected chi connectivity index (χ4v) is 2.16. The highest BCUT2D eigenvalue weighted by Gasteiger charge is 2.14. The lowest BCUT2D eigenvalue weighted by Crippen LogP contribution is -2.09. The van der Waals surface area contributed by atoms with Gasteiger partial charge in [-0.05, 0) is 12.3 Å². The van der Waals surface area contributed by atoms with Gasteiger partial charge in [0.1, 0.15) is 0 Å². The standard InChI is InChI=1S/C11H16N2S/c1-4-10-7-14-11(13-10)5-9(6-12)8(2)3/h7-9H,4-5H2,1-3H3. The fraction of sp³-hybridized carbons (Fsp3) is 0.636. The zero-order valence-electron chi connectivity index (χ0n) is 8.95. The van der Waals surface area contributed by atoms with Crippen molar-refractivity contribution in [2.24, 2.45) is 11.8 Å². The Morgan fingerprint density at radius 2 is 2.29 bits per heavy atom. The van der Waals surface area contributed by atoms with E-state index in [1.165, 1.54) is 0 Å². The molecule has 0 aliphatic carbocycles. The maximum absolute atomic E-state index is 8.95. The second kappa shape index (κ2) is 5.11. The van der Waals surface area contributed by atoms with E-state index in [-0.39, 0.29) is 5.92 Å². The normalized spacial score (nSPS) is 12.8. The molecule has 1 rings (SSSR count). The zero-order chi connectivity index (χ0) is 10.6. The van der Waals surface area contributed by atoms with Crippen molar-refractivity contribution in [1.29, 1.82) is 5.26 Å². The van der Waals surface area contributed by atoms with Crippen molar-refractivity contribution in [3.63, 3.8) is 0 Å². The predicted molar refractivity (Wildman–Crippen MR) is 59.1 cm³/mol. The average Bonchev–Trinajstić information content (AvgIpc) is 2.61. The first-order valence-corrected chi connectivity index (χ1v) is 5.88. The van der Waals surface area contributed by atoms with Crippen molar-refractivity contribution in [3.05, 3.63) is 16.1 Å². The highest BCUT2D eigenvalue weighted by molar-refractivity contribution is 7.09. The molecule has 3 heteroatoms. The van der Waals surface area contributed by atoms with Crippen LogP contribution >= 0.6 is 11.3 Å². The minimum atomic E-state index is 0.103. The molecule has 1 unspecified atom stereocenters. The number of hydrogen-bond donors (Lipinski definition) is 0. The van der Waals surface area contributed by atoms with E-state index < -0.39 is 0 Å². The summed E-state index contributed by atoms with van der Waals surface area (Å²) in [5.41, 5.74) is 1.14. The van der Waals surface area contributed by atoms with Crippen LogP contribution in [0.15, 0.2) is 5.38 Å². The molecule has 0 spiro atoms. The molecule has 76 valence electrons. The summed E-state index contributed by atoms with van der Waals surface area (Å²) in [5, 5.41) is 12.1. The van der Waals surface area contributed by atoms with Gasteiger partial charge in [-0.2, -0.15) is 5.26 Å². The topological polar surface area (TPSA) is 36.7 Å². The maximum atomic E-state index is 8.95. The van der Waals surface area contributed by atoms with Gasteiger partial charge >= 0.3 is 0 Å². The average molecular weight is 208 g/mol. The molecule has 0 saturated heterocycles. The Labute approximate surface area is 89.6 Å². The van der Waals surface area contributed by atoms with Gasteiger partial charge in [0.2, 0.25) is 0 Å². The maximum Gasteiger partial charge on any atom is 0.0941 e. The number of rotatable bonds is 4. The van der Waals surface area contributed by atoms with Crippen LogP contribution in [0, 0.1) is 23.2 Å². The summed E-state index contributed by atoms with van der Waals surface area (Å²) >= 11 is 1.67. The number of hydrogen-bond acceptors (Lipinski definition) is 3. The van der Waals surface area contributed by atoms with Gasteiger partial charge in [0.05, 0.1) is 22.7 Å². The third-order valence-electron chi connectivity index (χ3n) is 2.33. The van der Waals surface area contributed by atoms with Crippen LogP contribution in [-0.4, -0.2) is 4.98 Å². The van der Waals surface area contributed by atoms with E-state index in [1.54, 1.807) is 11.3 Å². The number of aromatic nitrogens is 1. The molecule has 0 fully saturated rings. The number of nitriles is 1. The summed E-state index contributed by atoms with van der Waals surface area (Å²) in [4.78, 5) is 4.47. The lowest BCUT2D eigenvalue weighted by molar-refractivity contribution is 0.473. The molecule has 1 aromatic rings. The third kappa shape index (κ3) is 2.81. The van der Waals surface area contributed by atoms with Crippen molar-refractivity contribution < 1.29 is 0 Å². The van der Waals surface area contributed by atoms with Crippen LogP contribution < -0.4 is 0 Å². The second-order valence-corrected chi connectivity index (χ2v) is 4.71. The Morgan fingerprint density at radius 1 is 1.57 bits per heavy atom. The van der Waals surface area contributed by atoms with Crippen molar-refractivity contribution in [2.45, 2.75) is 33.6 Å². The van der Waals surface area contributed by atoms with Crippen LogP contribution in [0.4, 0.5) is 0 Å². The van der Waals surface area contributed by atoms with Gasteiger partial charge in [0, 0.05) is 11.8 Å². The lowest BCUT2D eigenvalue weighted by atomic mass is 9.94. The van der Waals surface area contributed by atoms with E-state index in [0.717, 1.165) is 23.5 Å². The summed E-state index contributed by atoms with van der Waals surface area (Å²) in [5.74, 6) is 0.514. The van der Waals surface area contributed by atoms with E-state index in [0.29, 0.717) is 5.92 Å². The second-order valence-electron chi connectivity index (χ2n) is 3.77.